The fourth-order valence-corrected chi connectivity index (χ4v) is 5.20. The van der Waals surface area contributed by atoms with Gasteiger partial charge in [-0.15, -0.1) is 0 Å². The number of rotatable bonds is 5. The third-order valence-electron chi connectivity index (χ3n) is 6.61. The molecule has 0 aromatic heterocycles. The van der Waals surface area contributed by atoms with E-state index < -0.39 is 30.1 Å². The van der Waals surface area contributed by atoms with E-state index >= 15 is 0 Å². The van der Waals surface area contributed by atoms with E-state index in [1.54, 1.807) is 29.2 Å². The molecule has 2 N–H and O–H groups in total. The topological polar surface area (TPSA) is 127 Å². The number of hydrogen-bond donors (Lipinski definition) is 2. The molecule has 0 saturated heterocycles. The molecule has 2 aliphatic rings. The zero-order chi connectivity index (χ0) is 22.8. The molecule has 1 heterocycles. The highest BCUT2D eigenvalue weighted by Gasteiger charge is 2.48. The van der Waals surface area contributed by atoms with Crippen LogP contribution in [0.2, 0.25) is 0 Å². The third kappa shape index (κ3) is 3.83. The van der Waals surface area contributed by atoms with Crippen molar-refractivity contribution in [1.29, 1.82) is 0 Å². The lowest BCUT2D eigenvalue weighted by molar-refractivity contribution is -0.141. The van der Waals surface area contributed by atoms with E-state index in [9.17, 15) is 19.8 Å². The Kier molecular flexibility index (Phi) is 6.17. The van der Waals surface area contributed by atoms with Crippen molar-refractivity contribution in [1.82, 2.24) is 4.90 Å². The van der Waals surface area contributed by atoms with Crippen molar-refractivity contribution < 1.29 is 19.8 Å². The molecule has 1 fully saturated rings. The molecule has 2 aromatic rings. The number of aliphatic carboxylic acids is 1. The molecular formula is C24H26N4O4. The predicted octanol–water partition coefficient (Wildman–Crippen LogP) is 4.47. The summed E-state index contributed by atoms with van der Waals surface area (Å²) >= 11 is 0. The summed E-state index contributed by atoms with van der Waals surface area (Å²) in [5.74, 6) is -2.32. The van der Waals surface area contributed by atoms with Crippen LogP contribution in [0.1, 0.15) is 70.3 Å². The maximum absolute atomic E-state index is 13.7. The summed E-state index contributed by atoms with van der Waals surface area (Å²) in [5, 5.41) is 24.9. The molecule has 0 bridgehead atoms. The van der Waals surface area contributed by atoms with Gasteiger partial charge in [0.05, 0.1) is 24.7 Å². The molecule has 1 amide bonds. The van der Waals surface area contributed by atoms with E-state index in [2.05, 4.69) is 10.0 Å². The molecule has 1 aliphatic heterocycles. The number of hydrogen-bond acceptors (Lipinski definition) is 4. The summed E-state index contributed by atoms with van der Waals surface area (Å²) in [4.78, 5) is 30.8. The number of aliphatic hydroxyl groups is 1. The van der Waals surface area contributed by atoms with Gasteiger partial charge in [-0.3, -0.25) is 9.59 Å². The van der Waals surface area contributed by atoms with Gasteiger partial charge in [-0.1, -0.05) is 59.9 Å². The smallest absolute Gasteiger partial charge is 0.313 e. The van der Waals surface area contributed by atoms with Crippen LogP contribution in [0.15, 0.2) is 47.6 Å². The number of fused-ring (bicyclic) bond motifs is 1. The predicted molar refractivity (Wildman–Crippen MR) is 118 cm³/mol. The lowest BCUT2D eigenvalue weighted by atomic mass is 9.76. The van der Waals surface area contributed by atoms with Crippen LogP contribution in [0.4, 0.5) is 0 Å². The number of aliphatic hydroxyl groups excluding tert-OH is 1. The van der Waals surface area contributed by atoms with Crippen molar-refractivity contribution in [2.24, 2.45) is 5.11 Å². The van der Waals surface area contributed by atoms with Gasteiger partial charge in [0.2, 0.25) is 0 Å². The van der Waals surface area contributed by atoms with Gasteiger partial charge in [-0.25, -0.2) is 0 Å². The maximum atomic E-state index is 13.7. The van der Waals surface area contributed by atoms with Crippen molar-refractivity contribution in [3.05, 3.63) is 80.7 Å². The standard InChI is InChI=1S/C24H26N4O4/c1-14-10-11-16(15(12-14)13-26-27-25)22-21(24(31)32)17-6-2-3-7-18(17)23(30)28(22)19-8-4-5-9-20(19)29/h2-3,6-7,10-12,19-22,29H,4-5,8-9,13H2,1H3,(H,31,32). The molecule has 8 nitrogen and oxygen atoms in total. The second-order valence-electron chi connectivity index (χ2n) is 8.57. The maximum Gasteiger partial charge on any atom is 0.313 e. The Labute approximate surface area is 186 Å². The first-order valence-electron chi connectivity index (χ1n) is 10.9. The zero-order valence-corrected chi connectivity index (χ0v) is 17.9. The summed E-state index contributed by atoms with van der Waals surface area (Å²) in [7, 11) is 0. The minimum absolute atomic E-state index is 0.0489. The van der Waals surface area contributed by atoms with Crippen molar-refractivity contribution >= 4 is 11.9 Å². The van der Waals surface area contributed by atoms with Crippen LogP contribution < -0.4 is 0 Å². The molecule has 4 rings (SSSR count). The first-order chi connectivity index (χ1) is 15.4. The summed E-state index contributed by atoms with van der Waals surface area (Å²) in [6.45, 7) is 1.95. The number of nitrogens with zero attached hydrogens (tertiary/aromatic N) is 4. The molecule has 4 atom stereocenters. The zero-order valence-electron chi connectivity index (χ0n) is 17.9. The number of benzene rings is 2. The fourth-order valence-electron chi connectivity index (χ4n) is 5.20. The Hall–Kier alpha value is -3.35. The minimum Gasteiger partial charge on any atom is -0.481 e. The van der Waals surface area contributed by atoms with Gasteiger partial charge in [0.25, 0.3) is 5.91 Å². The summed E-state index contributed by atoms with van der Waals surface area (Å²) in [6, 6.07) is 11.1. The van der Waals surface area contributed by atoms with Gasteiger partial charge in [-0.05, 0) is 48.1 Å². The van der Waals surface area contributed by atoms with Crippen molar-refractivity contribution in [2.75, 3.05) is 0 Å². The molecular weight excluding hydrogens is 408 g/mol. The molecule has 166 valence electrons. The van der Waals surface area contributed by atoms with E-state index in [4.69, 9.17) is 5.53 Å². The number of carbonyl (C=O) groups excluding carboxylic acids is 1. The largest absolute Gasteiger partial charge is 0.481 e. The van der Waals surface area contributed by atoms with E-state index in [-0.39, 0.29) is 12.5 Å². The lowest BCUT2D eigenvalue weighted by Gasteiger charge is -2.48. The normalized spacial score (nSPS) is 25.1. The van der Waals surface area contributed by atoms with Crippen LogP contribution in [0.5, 0.6) is 0 Å². The SMILES string of the molecule is Cc1ccc(C2C(C(=O)O)c3ccccc3C(=O)N2C2CCCCC2O)c(CN=[N+]=[N-])c1. The number of carboxylic acids is 1. The van der Waals surface area contributed by atoms with Crippen LogP contribution in [0, 0.1) is 6.92 Å². The van der Waals surface area contributed by atoms with Gasteiger partial charge in [0, 0.05) is 10.5 Å². The van der Waals surface area contributed by atoms with Crippen molar-refractivity contribution in [3.63, 3.8) is 0 Å². The highest BCUT2D eigenvalue weighted by molar-refractivity contribution is 6.00. The van der Waals surface area contributed by atoms with Gasteiger partial charge in [0.1, 0.15) is 5.92 Å². The van der Waals surface area contributed by atoms with Crippen LogP contribution in [-0.4, -0.2) is 39.1 Å². The van der Waals surface area contributed by atoms with E-state index in [0.717, 1.165) is 18.4 Å². The van der Waals surface area contributed by atoms with Crippen LogP contribution in [-0.2, 0) is 11.3 Å². The number of amides is 1. The van der Waals surface area contributed by atoms with E-state index in [1.807, 2.05) is 25.1 Å². The fraction of sp³-hybridized carbons (Fsp3) is 0.417. The molecule has 2 aromatic carbocycles. The van der Waals surface area contributed by atoms with E-state index in [1.165, 1.54) is 0 Å². The van der Waals surface area contributed by atoms with Crippen LogP contribution in [0.3, 0.4) is 0 Å². The average molecular weight is 434 g/mol. The minimum atomic E-state index is -1.04. The first kappa shape index (κ1) is 21.9. The molecule has 32 heavy (non-hydrogen) atoms. The Bertz CT molecular complexity index is 1100. The summed E-state index contributed by atoms with van der Waals surface area (Å²) in [5.41, 5.74) is 11.9. The van der Waals surface area contributed by atoms with Crippen molar-refractivity contribution in [2.45, 2.75) is 63.3 Å². The lowest BCUT2D eigenvalue weighted by Crippen LogP contribution is -2.54. The Balaban J connectivity index is 1.96. The molecule has 0 spiro atoms. The summed E-state index contributed by atoms with van der Waals surface area (Å²) < 4.78 is 0. The monoisotopic (exact) mass is 434 g/mol. The molecule has 4 unspecified atom stereocenters. The number of carboxylic acid groups (broad SMARTS) is 1. The van der Waals surface area contributed by atoms with E-state index in [0.29, 0.717) is 35.1 Å². The van der Waals surface area contributed by atoms with Gasteiger partial charge < -0.3 is 15.1 Å². The number of carbonyl (C=O) groups is 2. The molecule has 1 saturated carbocycles. The van der Waals surface area contributed by atoms with Gasteiger partial charge in [-0.2, -0.15) is 0 Å². The Morgan fingerprint density at radius 1 is 1.19 bits per heavy atom. The Morgan fingerprint density at radius 3 is 2.66 bits per heavy atom. The first-order valence-corrected chi connectivity index (χ1v) is 10.9. The average Bonchev–Trinajstić information content (AvgIpc) is 2.78. The van der Waals surface area contributed by atoms with Crippen molar-refractivity contribution in [3.8, 4) is 0 Å². The third-order valence-corrected chi connectivity index (χ3v) is 6.61. The quantitative estimate of drug-likeness (QED) is 0.409. The molecule has 8 heteroatoms. The van der Waals surface area contributed by atoms with Crippen LogP contribution in [0.25, 0.3) is 10.4 Å². The second kappa shape index (κ2) is 9.02. The highest BCUT2D eigenvalue weighted by atomic mass is 16.4. The Morgan fingerprint density at radius 2 is 1.94 bits per heavy atom. The van der Waals surface area contributed by atoms with Gasteiger partial charge in [0.15, 0.2) is 0 Å². The molecule has 1 aliphatic carbocycles. The summed E-state index contributed by atoms with van der Waals surface area (Å²) in [6.07, 6.45) is 2.18. The number of azide groups is 1. The highest BCUT2D eigenvalue weighted by Crippen LogP contribution is 2.46. The number of aryl methyl sites for hydroxylation is 1. The molecule has 0 radical (unpaired) electrons. The second-order valence-corrected chi connectivity index (χ2v) is 8.57. The van der Waals surface area contributed by atoms with Gasteiger partial charge >= 0.3 is 5.97 Å². The van der Waals surface area contributed by atoms with Crippen LogP contribution >= 0.6 is 0 Å².